The van der Waals surface area contributed by atoms with Crippen LogP contribution in [0, 0.1) is 13.8 Å². The van der Waals surface area contributed by atoms with Gasteiger partial charge < -0.3 is 15.9 Å². The van der Waals surface area contributed by atoms with Gasteiger partial charge in [0.05, 0.1) is 23.9 Å². The summed E-state index contributed by atoms with van der Waals surface area (Å²) in [4.78, 5) is 10.8. The van der Waals surface area contributed by atoms with Crippen molar-refractivity contribution < 1.29 is 15.0 Å². The molecule has 2 rings (SSSR count). The molecule has 0 aliphatic heterocycles. The van der Waals surface area contributed by atoms with Crippen LogP contribution in [0.2, 0.25) is 0 Å². The van der Waals surface area contributed by atoms with Gasteiger partial charge in [0.1, 0.15) is 6.10 Å². The van der Waals surface area contributed by atoms with E-state index < -0.39 is 18.1 Å². The van der Waals surface area contributed by atoms with Gasteiger partial charge in [0, 0.05) is 5.69 Å². The van der Waals surface area contributed by atoms with Crippen LogP contribution in [0.25, 0.3) is 5.69 Å². The molecule has 112 valence electrons. The van der Waals surface area contributed by atoms with E-state index in [1.54, 1.807) is 22.9 Å². The molecule has 2 unspecified atom stereocenters. The molecule has 1 aromatic carbocycles. The van der Waals surface area contributed by atoms with E-state index in [0.29, 0.717) is 5.56 Å². The number of primary amides is 1. The van der Waals surface area contributed by atoms with Crippen molar-refractivity contribution in [1.29, 1.82) is 0 Å². The van der Waals surface area contributed by atoms with Crippen molar-refractivity contribution in [2.45, 2.75) is 32.5 Å². The molecule has 2 atom stereocenters. The first-order valence-electron chi connectivity index (χ1n) is 6.66. The highest BCUT2D eigenvalue weighted by Gasteiger charge is 2.20. The average molecular weight is 289 g/mol. The first kappa shape index (κ1) is 15.2. The Morgan fingerprint density at radius 2 is 2.05 bits per heavy atom. The molecule has 6 heteroatoms. The van der Waals surface area contributed by atoms with E-state index in [1.165, 1.54) is 0 Å². The fourth-order valence-electron chi connectivity index (χ4n) is 2.27. The van der Waals surface area contributed by atoms with Crippen LogP contribution in [0.5, 0.6) is 0 Å². The molecule has 1 amide bonds. The molecule has 4 N–H and O–H groups in total. The van der Waals surface area contributed by atoms with Crippen LogP contribution >= 0.6 is 0 Å². The third kappa shape index (κ3) is 3.48. The lowest BCUT2D eigenvalue weighted by molar-refractivity contribution is -0.121. The Hall–Kier alpha value is -2.18. The van der Waals surface area contributed by atoms with Crippen molar-refractivity contribution in [2.75, 3.05) is 0 Å². The first-order valence-corrected chi connectivity index (χ1v) is 6.66. The summed E-state index contributed by atoms with van der Waals surface area (Å²) in [6, 6.07) is 8.99. The highest BCUT2D eigenvalue weighted by molar-refractivity contribution is 5.74. The Morgan fingerprint density at radius 3 is 2.62 bits per heavy atom. The normalized spacial score (nSPS) is 13.9. The van der Waals surface area contributed by atoms with E-state index in [2.05, 4.69) is 5.10 Å². The average Bonchev–Trinajstić information content (AvgIpc) is 2.76. The number of hydrogen-bond acceptors (Lipinski definition) is 4. The number of nitrogens with zero attached hydrogens (tertiary/aromatic N) is 2. The van der Waals surface area contributed by atoms with Gasteiger partial charge in [-0.1, -0.05) is 12.1 Å². The smallest absolute Gasteiger partial charge is 0.220 e. The van der Waals surface area contributed by atoms with Gasteiger partial charge in [-0.15, -0.1) is 0 Å². The fourth-order valence-corrected chi connectivity index (χ4v) is 2.27. The summed E-state index contributed by atoms with van der Waals surface area (Å²) >= 11 is 0. The zero-order chi connectivity index (χ0) is 15.6. The Balaban J connectivity index is 2.29. The number of aliphatic hydroxyl groups excluding tert-OH is 2. The predicted molar refractivity (Wildman–Crippen MR) is 77.8 cm³/mol. The van der Waals surface area contributed by atoms with E-state index in [1.807, 2.05) is 26.0 Å². The SMILES string of the molecule is Cc1cc(C)n(-c2cccc(C(O)C(O)CC(N)=O)c2)n1. The summed E-state index contributed by atoms with van der Waals surface area (Å²) in [6.45, 7) is 3.84. The number of amides is 1. The van der Waals surface area contributed by atoms with Crippen molar-refractivity contribution in [2.24, 2.45) is 5.73 Å². The molecule has 0 radical (unpaired) electrons. The Bertz CT molecular complexity index is 651. The monoisotopic (exact) mass is 289 g/mol. The quantitative estimate of drug-likeness (QED) is 0.756. The lowest BCUT2D eigenvalue weighted by Gasteiger charge is -2.17. The van der Waals surface area contributed by atoms with Crippen molar-refractivity contribution in [3.63, 3.8) is 0 Å². The minimum atomic E-state index is -1.22. The number of carbonyl (C=O) groups excluding carboxylic acids is 1. The second kappa shape index (κ2) is 6.07. The molecule has 0 bridgehead atoms. The number of carbonyl (C=O) groups is 1. The maximum atomic E-state index is 10.8. The molecule has 0 aliphatic rings. The van der Waals surface area contributed by atoms with Gasteiger partial charge >= 0.3 is 0 Å². The second-order valence-electron chi connectivity index (χ2n) is 5.12. The summed E-state index contributed by atoms with van der Waals surface area (Å²) in [5.74, 6) is -0.656. The topological polar surface area (TPSA) is 101 Å². The van der Waals surface area contributed by atoms with Crippen molar-refractivity contribution in [1.82, 2.24) is 9.78 Å². The fraction of sp³-hybridized carbons (Fsp3) is 0.333. The van der Waals surface area contributed by atoms with Crippen molar-refractivity contribution >= 4 is 5.91 Å². The lowest BCUT2D eigenvalue weighted by atomic mass is 10.0. The molecule has 2 aromatic rings. The molecule has 0 fully saturated rings. The van der Waals surface area contributed by atoms with Crippen LogP contribution < -0.4 is 5.73 Å². The summed E-state index contributed by atoms with van der Waals surface area (Å²) < 4.78 is 1.76. The van der Waals surface area contributed by atoms with Crippen LogP contribution in [-0.2, 0) is 4.79 Å². The lowest BCUT2D eigenvalue weighted by Crippen LogP contribution is -2.25. The number of benzene rings is 1. The Kier molecular flexibility index (Phi) is 4.40. The number of aromatic nitrogens is 2. The number of aliphatic hydroxyl groups is 2. The maximum Gasteiger partial charge on any atom is 0.220 e. The third-order valence-electron chi connectivity index (χ3n) is 3.24. The van der Waals surface area contributed by atoms with Gasteiger partial charge in [0.25, 0.3) is 0 Å². The van der Waals surface area contributed by atoms with Crippen LogP contribution in [0.4, 0.5) is 0 Å². The van der Waals surface area contributed by atoms with Crippen LogP contribution in [0.1, 0.15) is 29.5 Å². The van der Waals surface area contributed by atoms with Crippen molar-refractivity contribution in [3.8, 4) is 5.69 Å². The zero-order valence-corrected chi connectivity index (χ0v) is 12.0. The van der Waals surface area contributed by atoms with Gasteiger partial charge in [-0.05, 0) is 37.6 Å². The second-order valence-corrected chi connectivity index (χ2v) is 5.12. The molecular formula is C15H19N3O3. The number of nitrogens with two attached hydrogens (primary N) is 1. The molecule has 0 saturated heterocycles. The minimum absolute atomic E-state index is 0.286. The van der Waals surface area contributed by atoms with Crippen LogP contribution in [0.3, 0.4) is 0 Å². The van der Waals surface area contributed by atoms with Gasteiger partial charge in [0.15, 0.2) is 0 Å². The van der Waals surface area contributed by atoms with E-state index in [-0.39, 0.29) is 6.42 Å². The van der Waals surface area contributed by atoms with E-state index in [4.69, 9.17) is 5.73 Å². The molecule has 0 aliphatic carbocycles. The molecule has 1 heterocycles. The summed E-state index contributed by atoms with van der Waals surface area (Å²) in [6.07, 6.45) is -2.68. The standard InChI is InChI=1S/C15H19N3O3/c1-9-6-10(2)18(17-9)12-5-3-4-11(7-12)15(21)13(19)8-14(16)20/h3-7,13,15,19,21H,8H2,1-2H3,(H2,16,20). The maximum absolute atomic E-state index is 10.8. The zero-order valence-electron chi connectivity index (χ0n) is 12.0. The molecule has 6 nitrogen and oxygen atoms in total. The van der Waals surface area contributed by atoms with Crippen LogP contribution in [-0.4, -0.2) is 32.0 Å². The van der Waals surface area contributed by atoms with E-state index in [0.717, 1.165) is 17.1 Å². The largest absolute Gasteiger partial charge is 0.390 e. The highest BCUT2D eigenvalue weighted by Crippen LogP contribution is 2.22. The van der Waals surface area contributed by atoms with E-state index >= 15 is 0 Å². The molecule has 0 saturated carbocycles. The van der Waals surface area contributed by atoms with Gasteiger partial charge in [-0.25, -0.2) is 4.68 Å². The van der Waals surface area contributed by atoms with Crippen molar-refractivity contribution in [3.05, 3.63) is 47.3 Å². The summed E-state index contributed by atoms with van der Waals surface area (Å²) in [5, 5.41) is 24.3. The van der Waals surface area contributed by atoms with E-state index in [9.17, 15) is 15.0 Å². The van der Waals surface area contributed by atoms with Gasteiger partial charge in [-0.2, -0.15) is 5.10 Å². The highest BCUT2D eigenvalue weighted by atomic mass is 16.3. The Morgan fingerprint density at radius 1 is 1.33 bits per heavy atom. The number of rotatable bonds is 5. The number of hydrogen-bond donors (Lipinski definition) is 3. The van der Waals surface area contributed by atoms with Gasteiger partial charge in [-0.3, -0.25) is 4.79 Å². The van der Waals surface area contributed by atoms with Crippen LogP contribution in [0.15, 0.2) is 30.3 Å². The summed E-state index contributed by atoms with van der Waals surface area (Å²) in [7, 11) is 0. The summed E-state index contributed by atoms with van der Waals surface area (Å²) in [5.41, 5.74) is 8.18. The third-order valence-corrected chi connectivity index (χ3v) is 3.24. The van der Waals surface area contributed by atoms with Gasteiger partial charge in [0.2, 0.25) is 5.91 Å². The Labute approximate surface area is 122 Å². The molecule has 21 heavy (non-hydrogen) atoms. The first-order chi connectivity index (χ1) is 9.88. The minimum Gasteiger partial charge on any atom is -0.390 e. The molecule has 1 aromatic heterocycles. The molecular weight excluding hydrogens is 270 g/mol. The molecule has 0 spiro atoms. The number of aryl methyl sites for hydroxylation is 2. The predicted octanol–water partition coefficient (Wildman–Crippen LogP) is 0.759.